The minimum atomic E-state index is -1.09. The van der Waals surface area contributed by atoms with Gasteiger partial charge in [-0.15, -0.1) is 0 Å². The van der Waals surface area contributed by atoms with Crippen LogP contribution in [0.5, 0.6) is 0 Å². The van der Waals surface area contributed by atoms with Gasteiger partial charge in [-0.2, -0.15) is 5.10 Å². The number of rotatable bonds is 7. The minimum absolute atomic E-state index is 0.0979. The van der Waals surface area contributed by atoms with Crippen LogP contribution < -0.4 is 10.6 Å². The van der Waals surface area contributed by atoms with Gasteiger partial charge < -0.3 is 15.4 Å². The van der Waals surface area contributed by atoms with Crippen LogP contribution >= 0.6 is 0 Å². The van der Waals surface area contributed by atoms with E-state index < -0.39 is 42.0 Å². The maximum Gasteiger partial charge on any atom is 0.327 e. The van der Waals surface area contributed by atoms with Gasteiger partial charge in [0.2, 0.25) is 0 Å². The Morgan fingerprint density at radius 1 is 1.31 bits per heavy atom. The topological polar surface area (TPSA) is 123 Å². The number of hydrogen-bond acceptors (Lipinski definition) is 6. The third-order valence-electron chi connectivity index (χ3n) is 5.60. The highest BCUT2D eigenvalue weighted by Crippen LogP contribution is 2.34. The monoisotopic (exact) mass is 405 g/mol. The van der Waals surface area contributed by atoms with Crippen molar-refractivity contribution in [3.63, 3.8) is 0 Å². The Balaban J connectivity index is 1.55. The van der Waals surface area contributed by atoms with Crippen molar-refractivity contribution in [1.29, 1.82) is 0 Å². The highest BCUT2D eigenvalue weighted by molar-refractivity contribution is 6.09. The third kappa shape index (κ3) is 4.10. The molecule has 1 spiro atoms. The van der Waals surface area contributed by atoms with E-state index in [1.165, 1.54) is 6.92 Å². The van der Waals surface area contributed by atoms with Crippen LogP contribution in [0, 0.1) is 0 Å². The number of nitrogens with zero attached hydrogens (tertiary/aromatic N) is 3. The quantitative estimate of drug-likeness (QED) is 0.525. The van der Waals surface area contributed by atoms with Crippen molar-refractivity contribution in [2.45, 2.75) is 70.6 Å². The molecule has 158 valence electrons. The fourth-order valence-electron chi connectivity index (χ4n) is 3.72. The second-order valence-electron chi connectivity index (χ2n) is 7.65. The van der Waals surface area contributed by atoms with Gasteiger partial charge in [0.05, 0.1) is 12.2 Å². The van der Waals surface area contributed by atoms with E-state index in [0.717, 1.165) is 24.2 Å². The lowest BCUT2D eigenvalue weighted by molar-refractivity contribution is -0.155. The first-order valence-corrected chi connectivity index (χ1v) is 9.95. The first kappa shape index (κ1) is 20.8. The van der Waals surface area contributed by atoms with E-state index in [1.54, 1.807) is 16.9 Å². The number of urea groups is 1. The third-order valence-corrected chi connectivity index (χ3v) is 5.60. The summed E-state index contributed by atoms with van der Waals surface area (Å²) in [6.07, 6.45) is 4.18. The SMILES string of the molecule is CC[C@H](C)n1nccc1NC(=O)[C@@H](C)OC(=O)CN1C(=O)NC2(CCCC2)C1=O. The minimum Gasteiger partial charge on any atom is -0.451 e. The summed E-state index contributed by atoms with van der Waals surface area (Å²) in [7, 11) is 0. The molecule has 2 fully saturated rings. The van der Waals surface area contributed by atoms with E-state index in [2.05, 4.69) is 15.7 Å². The number of imide groups is 1. The Labute approximate surface area is 168 Å². The smallest absolute Gasteiger partial charge is 0.327 e. The molecule has 2 aliphatic rings. The molecule has 1 aromatic rings. The van der Waals surface area contributed by atoms with Crippen molar-refractivity contribution < 1.29 is 23.9 Å². The molecular weight excluding hydrogens is 378 g/mol. The molecule has 2 N–H and O–H groups in total. The molecule has 0 radical (unpaired) electrons. The first-order valence-electron chi connectivity index (χ1n) is 9.95. The molecule has 1 saturated heterocycles. The van der Waals surface area contributed by atoms with Crippen LogP contribution in [-0.2, 0) is 19.1 Å². The first-order chi connectivity index (χ1) is 13.8. The van der Waals surface area contributed by atoms with Crippen molar-refractivity contribution in [2.24, 2.45) is 0 Å². The maximum absolute atomic E-state index is 12.6. The number of aromatic nitrogens is 2. The summed E-state index contributed by atoms with van der Waals surface area (Å²) >= 11 is 0. The van der Waals surface area contributed by atoms with E-state index in [0.29, 0.717) is 18.7 Å². The van der Waals surface area contributed by atoms with Crippen molar-refractivity contribution in [1.82, 2.24) is 20.0 Å². The standard InChI is InChI=1S/C19H27N5O5/c1-4-12(2)24-14(7-10-20-24)21-16(26)13(3)29-15(25)11-23-17(27)19(22-18(23)28)8-5-6-9-19/h7,10,12-13H,4-6,8-9,11H2,1-3H3,(H,21,26)(H,22,28)/t12-,13+/m0/s1. The van der Waals surface area contributed by atoms with Gasteiger partial charge in [-0.3, -0.25) is 19.3 Å². The van der Waals surface area contributed by atoms with E-state index >= 15 is 0 Å². The molecule has 1 aromatic heterocycles. The number of carbonyl (C=O) groups excluding carboxylic acids is 4. The van der Waals surface area contributed by atoms with Crippen LogP contribution in [0.3, 0.4) is 0 Å². The van der Waals surface area contributed by atoms with Gasteiger partial charge in [0, 0.05) is 6.07 Å². The zero-order chi connectivity index (χ0) is 21.2. The van der Waals surface area contributed by atoms with Crippen LogP contribution in [0.4, 0.5) is 10.6 Å². The Morgan fingerprint density at radius 2 is 2.00 bits per heavy atom. The molecule has 1 saturated carbocycles. The number of carbonyl (C=O) groups is 4. The second-order valence-corrected chi connectivity index (χ2v) is 7.65. The maximum atomic E-state index is 12.6. The Kier molecular flexibility index (Phi) is 5.90. The van der Waals surface area contributed by atoms with Gasteiger partial charge >= 0.3 is 12.0 Å². The summed E-state index contributed by atoms with van der Waals surface area (Å²) in [6, 6.07) is 1.16. The molecule has 0 aromatic carbocycles. The van der Waals surface area contributed by atoms with Crippen molar-refractivity contribution in [3.8, 4) is 0 Å². The Morgan fingerprint density at radius 3 is 2.66 bits per heavy atom. The summed E-state index contributed by atoms with van der Waals surface area (Å²) in [5, 5.41) is 9.58. The lowest BCUT2D eigenvalue weighted by atomic mass is 9.98. The van der Waals surface area contributed by atoms with E-state index in [9.17, 15) is 19.2 Å². The van der Waals surface area contributed by atoms with Gasteiger partial charge in [-0.1, -0.05) is 19.8 Å². The van der Waals surface area contributed by atoms with Crippen molar-refractivity contribution in [3.05, 3.63) is 12.3 Å². The predicted molar refractivity (Wildman–Crippen MR) is 103 cm³/mol. The van der Waals surface area contributed by atoms with E-state index in [1.807, 2.05) is 13.8 Å². The lowest BCUT2D eigenvalue weighted by Crippen LogP contribution is -2.44. The number of amides is 4. The number of hydrogen-bond donors (Lipinski definition) is 2. The summed E-state index contributed by atoms with van der Waals surface area (Å²) in [6.45, 7) is 4.89. The van der Waals surface area contributed by atoms with Crippen LogP contribution in [0.25, 0.3) is 0 Å². The molecule has 10 heteroatoms. The molecule has 4 amide bonds. The van der Waals surface area contributed by atoms with Gasteiger partial charge in [0.25, 0.3) is 11.8 Å². The molecule has 10 nitrogen and oxygen atoms in total. The van der Waals surface area contributed by atoms with E-state index in [-0.39, 0.29) is 6.04 Å². The highest BCUT2D eigenvalue weighted by atomic mass is 16.5. The normalized spacial score (nSPS) is 19.9. The molecule has 2 atom stereocenters. The highest BCUT2D eigenvalue weighted by Gasteiger charge is 2.52. The van der Waals surface area contributed by atoms with Crippen LogP contribution in [0.15, 0.2) is 12.3 Å². The Hall–Kier alpha value is -2.91. The van der Waals surface area contributed by atoms with Crippen LogP contribution in [0.1, 0.15) is 58.9 Å². The molecule has 0 unspecified atom stereocenters. The lowest BCUT2D eigenvalue weighted by Gasteiger charge is -2.20. The fourth-order valence-corrected chi connectivity index (χ4v) is 3.72. The number of nitrogens with one attached hydrogen (secondary N) is 2. The van der Waals surface area contributed by atoms with Gasteiger partial charge in [0.15, 0.2) is 6.10 Å². The number of esters is 1. The average molecular weight is 405 g/mol. The molecule has 1 aliphatic carbocycles. The van der Waals surface area contributed by atoms with Gasteiger partial charge in [-0.25, -0.2) is 9.48 Å². The van der Waals surface area contributed by atoms with Crippen molar-refractivity contribution in [2.75, 3.05) is 11.9 Å². The summed E-state index contributed by atoms with van der Waals surface area (Å²) < 4.78 is 6.82. The largest absolute Gasteiger partial charge is 0.451 e. The predicted octanol–water partition coefficient (Wildman–Crippen LogP) is 1.59. The molecule has 3 rings (SSSR count). The van der Waals surface area contributed by atoms with Crippen molar-refractivity contribution >= 4 is 29.6 Å². The molecule has 2 heterocycles. The summed E-state index contributed by atoms with van der Waals surface area (Å²) in [5.74, 6) is -1.23. The molecule has 29 heavy (non-hydrogen) atoms. The molecular formula is C19H27N5O5. The summed E-state index contributed by atoms with van der Waals surface area (Å²) in [5.41, 5.74) is -0.880. The Bertz CT molecular complexity index is 814. The summed E-state index contributed by atoms with van der Waals surface area (Å²) in [4.78, 5) is 50.2. The molecule has 0 bridgehead atoms. The fraction of sp³-hybridized carbons (Fsp3) is 0.632. The zero-order valence-corrected chi connectivity index (χ0v) is 16.9. The van der Waals surface area contributed by atoms with E-state index in [4.69, 9.17) is 4.74 Å². The zero-order valence-electron chi connectivity index (χ0n) is 16.9. The van der Waals surface area contributed by atoms with Crippen LogP contribution in [-0.4, -0.2) is 56.7 Å². The molecule has 1 aliphatic heterocycles. The van der Waals surface area contributed by atoms with Crippen LogP contribution in [0.2, 0.25) is 0 Å². The second kappa shape index (κ2) is 8.22. The number of anilines is 1. The number of ether oxygens (including phenoxy) is 1. The average Bonchev–Trinajstić information content (AvgIpc) is 3.39. The van der Waals surface area contributed by atoms with Gasteiger partial charge in [0.1, 0.15) is 17.9 Å². The van der Waals surface area contributed by atoms with Gasteiger partial charge in [-0.05, 0) is 33.1 Å².